The predicted octanol–water partition coefficient (Wildman–Crippen LogP) is 2.77. The summed E-state index contributed by atoms with van der Waals surface area (Å²) in [4.78, 5) is 10.6. The lowest BCUT2D eigenvalue weighted by Crippen LogP contribution is -1.98. The zero-order valence-corrected chi connectivity index (χ0v) is 6.85. The van der Waals surface area contributed by atoms with Crippen LogP contribution in [0.3, 0.4) is 0 Å². The molecular weight excluding hydrogens is 140 g/mol. The topological polar surface area (TPSA) is 26.3 Å². The highest BCUT2D eigenvalue weighted by Crippen LogP contribution is 2.02. The van der Waals surface area contributed by atoms with Gasteiger partial charge in [0.1, 0.15) is 0 Å². The zero-order chi connectivity index (χ0) is 7.82. The molecule has 2 nitrogen and oxygen atoms in total. The van der Waals surface area contributed by atoms with Crippen LogP contribution < -0.4 is 0 Å². The van der Waals surface area contributed by atoms with Gasteiger partial charge in [0.25, 0.3) is 0 Å². The fraction of sp³-hybridized carbons (Fsp3) is 0.889. The van der Waals surface area contributed by atoms with Gasteiger partial charge in [-0.3, -0.25) is 4.79 Å². The van der Waals surface area contributed by atoms with E-state index in [0.29, 0.717) is 6.42 Å². The first-order chi connectivity index (χ1) is 4.81. The summed E-state index contributed by atoms with van der Waals surface area (Å²) in [6.45, 7) is 2.15. The van der Waals surface area contributed by atoms with Crippen LogP contribution in [-0.4, -0.2) is 13.1 Å². The molecule has 0 saturated heterocycles. The van der Waals surface area contributed by atoms with Crippen LogP contribution in [-0.2, 0) is 9.53 Å². The molecule has 0 saturated carbocycles. The molecule has 0 heterocycles. The Hall–Kier alpha value is -0.530. The molecule has 0 fully saturated rings. The minimum Gasteiger partial charge on any atom is -0.469 e. The number of carbonyl (C=O) groups excluding carboxylic acids is 1. The van der Waals surface area contributed by atoms with E-state index in [9.17, 15) is 4.79 Å². The average Bonchev–Trinajstić information content (AvgIpc) is 1.98. The first kappa shape index (κ1) is 13.1. The number of methoxy groups -OCH3 is 1. The smallest absolute Gasteiger partial charge is 0.305 e. The second kappa shape index (κ2) is 9.47. The van der Waals surface area contributed by atoms with E-state index in [1.165, 1.54) is 20.0 Å². The lowest BCUT2D eigenvalue weighted by molar-refractivity contribution is -0.140. The SMILES string of the molecule is C.CCCCCCC(=O)OC. The van der Waals surface area contributed by atoms with Crippen LogP contribution in [0, 0.1) is 0 Å². The standard InChI is InChI=1S/C8H16O2.CH4/c1-3-4-5-6-7-8(9)10-2;/h3-7H2,1-2H3;1H4. The lowest BCUT2D eigenvalue weighted by atomic mass is 10.2. The maximum Gasteiger partial charge on any atom is 0.305 e. The summed E-state index contributed by atoms with van der Waals surface area (Å²) < 4.78 is 4.49. The number of hydrogen-bond acceptors (Lipinski definition) is 2. The van der Waals surface area contributed by atoms with Gasteiger partial charge in [0.2, 0.25) is 0 Å². The third-order valence-corrected chi connectivity index (χ3v) is 1.46. The van der Waals surface area contributed by atoms with Crippen LogP contribution >= 0.6 is 0 Å². The van der Waals surface area contributed by atoms with Crippen LogP contribution in [0.5, 0.6) is 0 Å². The molecule has 0 unspecified atom stereocenters. The number of unbranched alkanes of at least 4 members (excludes halogenated alkanes) is 3. The van der Waals surface area contributed by atoms with Crippen LogP contribution in [0.1, 0.15) is 46.5 Å². The molecule has 0 aliphatic heterocycles. The number of ether oxygens (including phenoxy) is 1. The van der Waals surface area contributed by atoms with E-state index >= 15 is 0 Å². The van der Waals surface area contributed by atoms with E-state index in [2.05, 4.69) is 11.7 Å². The fourth-order valence-electron chi connectivity index (χ4n) is 0.798. The van der Waals surface area contributed by atoms with Gasteiger partial charge in [-0.1, -0.05) is 33.6 Å². The monoisotopic (exact) mass is 160 g/mol. The zero-order valence-electron chi connectivity index (χ0n) is 6.85. The first-order valence-corrected chi connectivity index (χ1v) is 3.88. The summed E-state index contributed by atoms with van der Waals surface area (Å²) in [5.74, 6) is -0.0869. The van der Waals surface area contributed by atoms with Crippen molar-refractivity contribution in [1.82, 2.24) is 0 Å². The van der Waals surface area contributed by atoms with E-state index in [0.717, 1.165) is 12.8 Å². The Bertz CT molecular complexity index is 89.6. The van der Waals surface area contributed by atoms with Crippen molar-refractivity contribution < 1.29 is 9.53 Å². The molecule has 0 aromatic rings. The van der Waals surface area contributed by atoms with Gasteiger partial charge in [0, 0.05) is 6.42 Å². The lowest BCUT2D eigenvalue weighted by Gasteiger charge is -1.97. The Labute approximate surface area is 69.9 Å². The first-order valence-electron chi connectivity index (χ1n) is 3.88. The van der Waals surface area contributed by atoms with Gasteiger partial charge in [0.05, 0.1) is 7.11 Å². The Kier molecular flexibility index (Phi) is 11.3. The van der Waals surface area contributed by atoms with E-state index in [-0.39, 0.29) is 13.4 Å². The molecule has 0 aromatic carbocycles. The van der Waals surface area contributed by atoms with Crippen molar-refractivity contribution in [3.05, 3.63) is 0 Å². The molecule has 0 spiro atoms. The van der Waals surface area contributed by atoms with Crippen molar-refractivity contribution in [3.63, 3.8) is 0 Å². The van der Waals surface area contributed by atoms with Crippen LogP contribution in [0.4, 0.5) is 0 Å². The van der Waals surface area contributed by atoms with E-state index in [1.807, 2.05) is 0 Å². The third kappa shape index (κ3) is 9.47. The maximum atomic E-state index is 10.6. The second-order valence-corrected chi connectivity index (χ2v) is 2.39. The Morgan fingerprint density at radius 1 is 1.27 bits per heavy atom. The van der Waals surface area contributed by atoms with Gasteiger partial charge >= 0.3 is 5.97 Å². The van der Waals surface area contributed by atoms with Crippen molar-refractivity contribution in [3.8, 4) is 0 Å². The van der Waals surface area contributed by atoms with Gasteiger partial charge in [-0.2, -0.15) is 0 Å². The molecular formula is C9H20O2. The predicted molar refractivity (Wildman–Crippen MR) is 47.5 cm³/mol. The van der Waals surface area contributed by atoms with Crippen LogP contribution in [0.15, 0.2) is 0 Å². The normalized spacial score (nSPS) is 8.55. The Balaban J connectivity index is 0. The molecule has 0 radical (unpaired) electrons. The second-order valence-electron chi connectivity index (χ2n) is 2.39. The fourth-order valence-corrected chi connectivity index (χ4v) is 0.798. The minimum absolute atomic E-state index is 0. The molecule has 0 aliphatic carbocycles. The number of carbonyl (C=O) groups is 1. The van der Waals surface area contributed by atoms with Gasteiger partial charge in [-0.25, -0.2) is 0 Å². The summed E-state index contributed by atoms with van der Waals surface area (Å²) in [6.07, 6.45) is 5.13. The largest absolute Gasteiger partial charge is 0.469 e. The van der Waals surface area contributed by atoms with Crippen molar-refractivity contribution in [2.45, 2.75) is 46.5 Å². The van der Waals surface area contributed by atoms with Gasteiger partial charge < -0.3 is 4.74 Å². The molecule has 0 rings (SSSR count). The van der Waals surface area contributed by atoms with Crippen molar-refractivity contribution in [2.24, 2.45) is 0 Å². The Morgan fingerprint density at radius 2 is 1.91 bits per heavy atom. The van der Waals surface area contributed by atoms with Crippen molar-refractivity contribution in [2.75, 3.05) is 7.11 Å². The molecule has 0 aromatic heterocycles. The number of hydrogen-bond donors (Lipinski definition) is 0. The molecule has 0 N–H and O–H groups in total. The van der Waals surface area contributed by atoms with Crippen molar-refractivity contribution in [1.29, 1.82) is 0 Å². The summed E-state index contributed by atoms with van der Waals surface area (Å²) in [5.41, 5.74) is 0. The molecule has 0 amide bonds. The summed E-state index contributed by atoms with van der Waals surface area (Å²) in [5, 5.41) is 0. The molecule has 0 atom stereocenters. The minimum atomic E-state index is -0.0869. The van der Waals surface area contributed by atoms with E-state index in [4.69, 9.17) is 0 Å². The molecule has 2 heteroatoms. The summed E-state index contributed by atoms with van der Waals surface area (Å²) in [6, 6.07) is 0. The van der Waals surface area contributed by atoms with Crippen LogP contribution in [0.25, 0.3) is 0 Å². The Morgan fingerprint density at radius 3 is 2.36 bits per heavy atom. The van der Waals surface area contributed by atoms with E-state index < -0.39 is 0 Å². The highest BCUT2D eigenvalue weighted by molar-refractivity contribution is 5.68. The van der Waals surface area contributed by atoms with Crippen LogP contribution in [0.2, 0.25) is 0 Å². The van der Waals surface area contributed by atoms with Gasteiger partial charge in [-0.05, 0) is 6.42 Å². The molecule has 0 aliphatic rings. The number of esters is 1. The summed E-state index contributed by atoms with van der Waals surface area (Å²) >= 11 is 0. The highest BCUT2D eigenvalue weighted by Gasteiger charge is 1.97. The summed E-state index contributed by atoms with van der Waals surface area (Å²) in [7, 11) is 1.43. The highest BCUT2D eigenvalue weighted by atomic mass is 16.5. The molecule has 11 heavy (non-hydrogen) atoms. The van der Waals surface area contributed by atoms with Gasteiger partial charge in [-0.15, -0.1) is 0 Å². The van der Waals surface area contributed by atoms with E-state index in [1.54, 1.807) is 0 Å². The van der Waals surface area contributed by atoms with Gasteiger partial charge in [0.15, 0.2) is 0 Å². The average molecular weight is 160 g/mol. The quantitative estimate of drug-likeness (QED) is 0.456. The molecule has 68 valence electrons. The van der Waals surface area contributed by atoms with Crippen molar-refractivity contribution >= 4 is 5.97 Å². The molecule has 0 bridgehead atoms. The maximum absolute atomic E-state index is 10.6. The number of rotatable bonds is 5. The third-order valence-electron chi connectivity index (χ3n) is 1.46.